The molecule has 1 saturated heterocycles. The first-order valence-electron chi connectivity index (χ1n) is 5.94. The monoisotopic (exact) mass is 255 g/mol. The second-order valence-electron chi connectivity index (χ2n) is 4.22. The van der Waals surface area contributed by atoms with E-state index in [1.54, 1.807) is 7.11 Å². The van der Waals surface area contributed by atoms with Crippen LogP contribution in [0.1, 0.15) is 18.4 Å². The lowest BCUT2D eigenvalue weighted by molar-refractivity contribution is 0.0699. The zero-order valence-electron chi connectivity index (χ0n) is 10.0. The molecule has 1 aliphatic rings. The lowest BCUT2D eigenvalue weighted by Gasteiger charge is -2.23. The smallest absolute Gasteiger partial charge is 0.124 e. The fourth-order valence-corrected chi connectivity index (χ4v) is 2.28. The van der Waals surface area contributed by atoms with Gasteiger partial charge in [-0.2, -0.15) is 0 Å². The van der Waals surface area contributed by atoms with Crippen molar-refractivity contribution in [2.24, 2.45) is 0 Å². The third kappa shape index (κ3) is 3.35. The van der Waals surface area contributed by atoms with Crippen LogP contribution in [-0.4, -0.2) is 26.4 Å². The van der Waals surface area contributed by atoms with E-state index < -0.39 is 0 Å². The summed E-state index contributed by atoms with van der Waals surface area (Å²) in [6.45, 7) is 2.39. The molecule has 94 valence electrons. The summed E-state index contributed by atoms with van der Waals surface area (Å²) in [6.07, 6.45) is 2.28. The van der Waals surface area contributed by atoms with Gasteiger partial charge in [0.25, 0.3) is 0 Å². The number of halogens is 1. The molecule has 1 aliphatic heterocycles. The summed E-state index contributed by atoms with van der Waals surface area (Å²) >= 11 is 6.17. The maximum atomic E-state index is 6.17. The molecule has 17 heavy (non-hydrogen) atoms. The van der Waals surface area contributed by atoms with Crippen LogP contribution in [0.2, 0.25) is 5.02 Å². The van der Waals surface area contributed by atoms with Crippen LogP contribution in [0.25, 0.3) is 0 Å². The van der Waals surface area contributed by atoms with Gasteiger partial charge in [-0.05, 0) is 25.0 Å². The predicted molar refractivity (Wildman–Crippen MR) is 68.7 cm³/mol. The van der Waals surface area contributed by atoms with Gasteiger partial charge in [-0.15, -0.1) is 0 Å². The Morgan fingerprint density at radius 2 is 2.41 bits per heavy atom. The van der Waals surface area contributed by atoms with E-state index in [4.69, 9.17) is 21.1 Å². The molecule has 2 rings (SSSR count). The van der Waals surface area contributed by atoms with E-state index in [9.17, 15) is 0 Å². The van der Waals surface area contributed by atoms with E-state index in [0.717, 1.165) is 48.9 Å². The van der Waals surface area contributed by atoms with Gasteiger partial charge in [0, 0.05) is 29.8 Å². The van der Waals surface area contributed by atoms with Crippen LogP contribution in [0.4, 0.5) is 0 Å². The fraction of sp³-hybridized carbons (Fsp3) is 0.538. The highest BCUT2D eigenvalue weighted by molar-refractivity contribution is 6.31. The zero-order chi connectivity index (χ0) is 12.1. The van der Waals surface area contributed by atoms with Crippen LogP contribution in [0, 0.1) is 0 Å². The van der Waals surface area contributed by atoms with Crippen LogP contribution in [0.3, 0.4) is 0 Å². The van der Waals surface area contributed by atoms with Gasteiger partial charge >= 0.3 is 0 Å². The lowest BCUT2D eigenvalue weighted by atomic mass is 10.1. The highest BCUT2D eigenvalue weighted by atomic mass is 35.5. The topological polar surface area (TPSA) is 30.5 Å². The standard InChI is InChI=1S/C13H18ClNO2/c1-16-13-6-2-5-12(14)11(13)8-15-10-4-3-7-17-9-10/h2,5-6,10,15H,3-4,7-9H2,1H3/t10-/m0/s1. The average molecular weight is 256 g/mol. The lowest BCUT2D eigenvalue weighted by Crippen LogP contribution is -2.36. The summed E-state index contributed by atoms with van der Waals surface area (Å²) in [4.78, 5) is 0. The van der Waals surface area contributed by atoms with Crippen LogP contribution >= 0.6 is 11.6 Å². The van der Waals surface area contributed by atoms with Gasteiger partial charge < -0.3 is 14.8 Å². The van der Waals surface area contributed by atoms with E-state index in [0.29, 0.717) is 6.04 Å². The molecule has 0 spiro atoms. The number of nitrogens with one attached hydrogen (secondary N) is 1. The number of rotatable bonds is 4. The number of hydrogen-bond acceptors (Lipinski definition) is 3. The predicted octanol–water partition coefficient (Wildman–Crippen LogP) is 2.62. The van der Waals surface area contributed by atoms with E-state index in [2.05, 4.69) is 5.32 Å². The molecule has 1 N–H and O–H groups in total. The quantitative estimate of drug-likeness (QED) is 0.897. The van der Waals surface area contributed by atoms with Crippen LogP contribution in [0.5, 0.6) is 5.75 Å². The molecular weight excluding hydrogens is 238 g/mol. The highest BCUT2D eigenvalue weighted by Crippen LogP contribution is 2.26. The number of ether oxygens (including phenoxy) is 2. The zero-order valence-corrected chi connectivity index (χ0v) is 10.8. The minimum atomic E-state index is 0.421. The summed E-state index contributed by atoms with van der Waals surface area (Å²) in [7, 11) is 1.67. The molecule has 0 bridgehead atoms. The van der Waals surface area contributed by atoms with Crippen LogP contribution in [0.15, 0.2) is 18.2 Å². The third-order valence-electron chi connectivity index (χ3n) is 3.02. The SMILES string of the molecule is COc1cccc(Cl)c1CN[C@H]1CCCOC1. The summed E-state index contributed by atoms with van der Waals surface area (Å²) in [5.41, 5.74) is 1.02. The van der Waals surface area contributed by atoms with Gasteiger partial charge in [-0.25, -0.2) is 0 Å². The van der Waals surface area contributed by atoms with E-state index in [1.165, 1.54) is 0 Å². The summed E-state index contributed by atoms with van der Waals surface area (Å²) in [6, 6.07) is 6.14. The Balaban J connectivity index is 1.97. The molecule has 0 radical (unpaired) electrons. The van der Waals surface area contributed by atoms with Crippen molar-refractivity contribution in [1.82, 2.24) is 5.32 Å². The Morgan fingerprint density at radius 1 is 1.53 bits per heavy atom. The molecule has 1 aromatic carbocycles. The normalized spacial score (nSPS) is 20.2. The van der Waals surface area contributed by atoms with Crippen molar-refractivity contribution in [1.29, 1.82) is 0 Å². The minimum Gasteiger partial charge on any atom is -0.496 e. The summed E-state index contributed by atoms with van der Waals surface area (Å²) in [5.74, 6) is 0.835. The molecule has 3 nitrogen and oxygen atoms in total. The largest absolute Gasteiger partial charge is 0.496 e. The maximum absolute atomic E-state index is 6.17. The molecule has 1 fully saturated rings. The van der Waals surface area contributed by atoms with Gasteiger partial charge in [0.15, 0.2) is 0 Å². The molecule has 0 aromatic heterocycles. The molecule has 4 heteroatoms. The second kappa shape index (κ2) is 6.24. The van der Waals surface area contributed by atoms with E-state index in [-0.39, 0.29) is 0 Å². The first-order valence-corrected chi connectivity index (χ1v) is 6.31. The summed E-state index contributed by atoms with van der Waals surface area (Å²) in [5, 5.41) is 4.21. The summed E-state index contributed by atoms with van der Waals surface area (Å²) < 4.78 is 10.7. The van der Waals surface area contributed by atoms with Crippen molar-refractivity contribution in [2.75, 3.05) is 20.3 Å². The minimum absolute atomic E-state index is 0.421. The molecule has 0 unspecified atom stereocenters. The van der Waals surface area contributed by atoms with Gasteiger partial charge in [-0.3, -0.25) is 0 Å². The van der Waals surface area contributed by atoms with Crippen molar-refractivity contribution in [3.63, 3.8) is 0 Å². The second-order valence-corrected chi connectivity index (χ2v) is 4.62. The third-order valence-corrected chi connectivity index (χ3v) is 3.38. The van der Waals surface area contributed by atoms with Gasteiger partial charge in [0.05, 0.1) is 13.7 Å². The van der Waals surface area contributed by atoms with Crippen LogP contribution < -0.4 is 10.1 Å². The highest BCUT2D eigenvalue weighted by Gasteiger charge is 2.15. The number of methoxy groups -OCH3 is 1. The molecule has 0 amide bonds. The Hall–Kier alpha value is -0.770. The van der Waals surface area contributed by atoms with Gasteiger partial charge in [0.1, 0.15) is 5.75 Å². The van der Waals surface area contributed by atoms with Crippen molar-refractivity contribution in [3.05, 3.63) is 28.8 Å². The fourth-order valence-electron chi connectivity index (χ4n) is 2.05. The first-order chi connectivity index (χ1) is 8.31. The van der Waals surface area contributed by atoms with Crippen molar-refractivity contribution in [3.8, 4) is 5.75 Å². The average Bonchev–Trinajstić information content (AvgIpc) is 2.38. The van der Waals surface area contributed by atoms with Crippen molar-refractivity contribution >= 4 is 11.6 Å². The number of hydrogen-bond donors (Lipinski definition) is 1. The molecule has 0 aliphatic carbocycles. The van der Waals surface area contributed by atoms with Gasteiger partial charge in [-0.1, -0.05) is 17.7 Å². The molecule has 1 atom stereocenters. The Kier molecular flexibility index (Phi) is 4.66. The molecule has 0 saturated carbocycles. The van der Waals surface area contributed by atoms with E-state index >= 15 is 0 Å². The van der Waals surface area contributed by atoms with E-state index in [1.807, 2.05) is 18.2 Å². The molecule has 1 heterocycles. The molecule has 1 aromatic rings. The Labute approximate surface area is 107 Å². The molecular formula is C13H18ClNO2. The maximum Gasteiger partial charge on any atom is 0.124 e. The van der Waals surface area contributed by atoms with Crippen LogP contribution in [-0.2, 0) is 11.3 Å². The van der Waals surface area contributed by atoms with Crippen molar-refractivity contribution < 1.29 is 9.47 Å². The van der Waals surface area contributed by atoms with Crippen molar-refractivity contribution in [2.45, 2.75) is 25.4 Å². The Morgan fingerprint density at radius 3 is 3.12 bits per heavy atom. The van der Waals surface area contributed by atoms with Gasteiger partial charge in [0.2, 0.25) is 0 Å². The first kappa shape index (κ1) is 12.7. The number of benzene rings is 1. The Bertz CT molecular complexity index is 364.